The topological polar surface area (TPSA) is 96.1 Å². The minimum Gasteiger partial charge on any atom is -0.493 e. The molecular formula is C29H34ClMnN5O4S8Zn. The van der Waals surface area contributed by atoms with Gasteiger partial charge >= 0.3 is 36.5 Å². The Labute approximate surface area is 360 Å². The second-order valence-electron chi connectivity index (χ2n) is 8.93. The van der Waals surface area contributed by atoms with Crippen LogP contribution in [0, 0.1) is 0 Å². The van der Waals surface area contributed by atoms with Gasteiger partial charge in [0.05, 0.1) is 27.4 Å². The fourth-order valence-electron chi connectivity index (χ4n) is 3.62. The van der Waals surface area contributed by atoms with Gasteiger partial charge in [0.15, 0.2) is 11.5 Å². The van der Waals surface area contributed by atoms with Gasteiger partial charge in [0.2, 0.25) is 5.91 Å². The Kier molecular flexibility index (Phi) is 30.4. The molecule has 0 aromatic heterocycles. The molecule has 3 rings (SSSR count). The molecule has 0 spiro atoms. The second-order valence-corrected chi connectivity index (χ2v) is 13.7. The molecule has 1 fully saturated rings. The fourth-order valence-corrected chi connectivity index (χ4v) is 4.57. The van der Waals surface area contributed by atoms with Gasteiger partial charge in [-0.2, -0.15) is 0 Å². The maximum atomic E-state index is 12.8. The van der Waals surface area contributed by atoms with Crippen LogP contribution in [0.4, 0.5) is 0 Å². The standard InChI is InChI=1S/C21H22ClNO4.2C4H8N2S4.Mn.Zn/c1-25-19-8-5-16(13-20(19)26-2)18(15-3-6-17(22)7-4-15)14-21(24)23-9-11-27-12-10-23;2*7-3(8)5-1-2-6-4(9)10;;/h3-8,13-14H,9-12H2,1-2H3;2*1-2H2,(H2,5,7,8)(H2,6,9,10);;/q;;;2*+2/p-4/b18-14+;;;;. The number of nitrogens with zero attached hydrogens (tertiary/aromatic N) is 1. The van der Waals surface area contributed by atoms with Gasteiger partial charge in [-0.05, 0) is 41.0 Å². The normalized spacial score (nSPS) is 11.6. The van der Waals surface area contributed by atoms with E-state index in [-0.39, 0.29) is 42.5 Å². The number of nitrogens with one attached hydrogen (secondary N) is 4. The molecule has 1 aliphatic rings. The minimum atomic E-state index is -0.0435. The van der Waals surface area contributed by atoms with E-state index in [1.165, 1.54) is 0 Å². The van der Waals surface area contributed by atoms with E-state index in [2.05, 4.69) is 121 Å². The molecule has 0 saturated carbocycles. The van der Waals surface area contributed by atoms with Gasteiger partial charge in [0.25, 0.3) is 0 Å². The summed E-state index contributed by atoms with van der Waals surface area (Å²) in [5, 5.41) is 11.8. The van der Waals surface area contributed by atoms with Crippen LogP contribution in [0.2, 0.25) is 5.02 Å². The first-order chi connectivity index (χ1) is 22.4. The van der Waals surface area contributed by atoms with E-state index < -0.39 is 0 Å². The molecule has 0 unspecified atom stereocenters. The van der Waals surface area contributed by atoms with Gasteiger partial charge < -0.3 is 140 Å². The Morgan fingerprint density at radius 3 is 1.57 bits per heavy atom. The van der Waals surface area contributed by atoms with Crippen molar-refractivity contribution in [1.82, 2.24) is 26.2 Å². The van der Waals surface area contributed by atoms with Crippen LogP contribution in [0.1, 0.15) is 11.1 Å². The van der Waals surface area contributed by atoms with Gasteiger partial charge in [-0.1, -0.05) is 47.1 Å². The van der Waals surface area contributed by atoms with Crippen LogP contribution in [0.15, 0.2) is 48.5 Å². The molecular weight excluding hydrogens is 895 g/mol. The average molecular weight is 929 g/mol. The van der Waals surface area contributed by atoms with E-state index in [0.717, 1.165) is 16.7 Å². The van der Waals surface area contributed by atoms with E-state index in [9.17, 15) is 4.79 Å². The quantitative estimate of drug-likeness (QED) is 0.0873. The zero-order valence-electron chi connectivity index (χ0n) is 26.6. The third kappa shape index (κ3) is 23.3. The summed E-state index contributed by atoms with van der Waals surface area (Å²) in [6.07, 6.45) is 1.66. The molecule has 1 radical (unpaired) electrons. The molecule has 49 heavy (non-hydrogen) atoms. The summed E-state index contributed by atoms with van der Waals surface area (Å²) in [7, 11) is 3.18. The fraction of sp³-hybridized carbons (Fsp3) is 0.345. The molecule has 4 N–H and O–H groups in total. The number of hydrogen-bond donors (Lipinski definition) is 4. The molecule has 2 aromatic rings. The van der Waals surface area contributed by atoms with Crippen molar-refractivity contribution in [2.24, 2.45) is 0 Å². The van der Waals surface area contributed by atoms with Crippen LogP contribution in [-0.4, -0.2) is 94.8 Å². The number of carbonyl (C=O) groups excluding carboxylic acids is 1. The van der Waals surface area contributed by atoms with Crippen LogP contribution < -0.4 is 30.7 Å². The van der Waals surface area contributed by atoms with Crippen molar-refractivity contribution in [3.8, 4) is 11.5 Å². The SMILES string of the molecule is COc1ccc(/C(=C/C(=O)N2CCOCC2)c2ccc(Cl)cc2)cc1OC.S=C([S-])NCCNC(=S)[S-].S=C([S-])NCCNC(=S)[S-].[Mn+2].[Zn+2]. The second kappa shape index (κ2) is 29.6. The molecule has 9 nitrogen and oxygen atoms in total. The summed E-state index contributed by atoms with van der Waals surface area (Å²) in [6.45, 7) is 4.97. The van der Waals surface area contributed by atoms with Crippen LogP contribution in [0.25, 0.3) is 5.57 Å². The van der Waals surface area contributed by atoms with Gasteiger partial charge in [-0.15, -0.1) is 0 Å². The minimum absolute atomic E-state index is 0. The molecule has 1 amide bonds. The summed E-state index contributed by atoms with van der Waals surface area (Å²) >= 11 is 42.8. The van der Waals surface area contributed by atoms with Crippen molar-refractivity contribution < 1.29 is 55.6 Å². The number of amides is 1. The molecule has 2 aromatic carbocycles. The van der Waals surface area contributed by atoms with Gasteiger partial charge in [-0.3, -0.25) is 4.79 Å². The van der Waals surface area contributed by atoms with Crippen LogP contribution >= 0.6 is 60.5 Å². The van der Waals surface area contributed by atoms with Crippen LogP contribution in [0.3, 0.4) is 0 Å². The molecule has 1 aliphatic heterocycles. The number of carbonyl (C=O) groups is 1. The van der Waals surface area contributed by atoms with Crippen molar-refractivity contribution >= 4 is 140 Å². The zero-order valence-corrected chi connectivity index (χ0v) is 38.0. The summed E-state index contributed by atoms with van der Waals surface area (Å²) in [5.41, 5.74) is 2.55. The van der Waals surface area contributed by atoms with Gasteiger partial charge in [0.1, 0.15) is 0 Å². The Bertz CT molecular complexity index is 1310. The first kappa shape index (κ1) is 50.2. The molecule has 263 valence electrons. The number of hydrogen-bond acceptors (Lipinski definition) is 12. The molecule has 0 aliphatic carbocycles. The third-order valence-corrected chi connectivity index (χ3v) is 7.17. The van der Waals surface area contributed by atoms with E-state index in [1.807, 2.05) is 42.5 Å². The number of thiocarbonyl (C=S) groups is 4. The molecule has 20 heteroatoms. The Morgan fingerprint density at radius 1 is 0.776 bits per heavy atom. The van der Waals surface area contributed by atoms with Crippen LogP contribution in [-0.2, 0) is 96.6 Å². The van der Waals surface area contributed by atoms with E-state index in [4.69, 9.17) is 25.8 Å². The summed E-state index contributed by atoms with van der Waals surface area (Å²) < 4.78 is 17.6. The van der Waals surface area contributed by atoms with E-state index in [0.29, 0.717) is 86.3 Å². The number of methoxy groups -OCH3 is 2. The zero-order chi connectivity index (χ0) is 35.2. The van der Waals surface area contributed by atoms with E-state index in [1.54, 1.807) is 25.2 Å². The van der Waals surface area contributed by atoms with Crippen LogP contribution in [0.5, 0.6) is 11.5 Å². The van der Waals surface area contributed by atoms with Crippen molar-refractivity contribution in [2.45, 2.75) is 0 Å². The number of morpholine rings is 1. The predicted molar refractivity (Wildman–Crippen MR) is 217 cm³/mol. The number of benzene rings is 2. The first-order valence-electron chi connectivity index (χ1n) is 13.7. The van der Waals surface area contributed by atoms with Crippen molar-refractivity contribution in [3.63, 3.8) is 0 Å². The monoisotopic (exact) mass is 926 g/mol. The Hall–Kier alpha value is -0.917. The maximum Gasteiger partial charge on any atom is 2.00 e. The predicted octanol–water partition coefficient (Wildman–Crippen LogP) is 3.30. The Morgan fingerprint density at radius 2 is 1.18 bits per heavy atom. The van der Waals surface area contributed by atoms with Gasteiger partial charge in [-0.25, -0.2) is 0 Å². The maximum absolute atomic E-state index is 12.8. The third-order valence-electron chi connectivity index (χ3n) is 5.77. The first-order valence-corrected chi connectivity index (χ1v) is 17.4. The number of rotatable bonds is 11. The molecule has 0 atom stereocenters. The summed E-state index contributed by atoms with van der Waals surface area (Å²) in [4.78, 5) is 14.6. The van der Waals surface area contributed by atoms with Crippen molar-refractivity contribution in [2.75, 3.05) is 66.7 Å². The summed E-state index contributed by atoms with van der Waals surface area (Å²) in [5.74, 6) is 1.20. The Balaban J connectivity index is 0. The van der Waals surface area contributed by atoms with Crippen molar-refractivity contribution in [1.29, 1.82) is 0 Å². The van der Waals surface area contributed by atoms with Gasteiger partial charge in [0, 0.05) is 50.4 Å². The summed E-state index contributed by atoms with van der Waals surface area (Å²) in [6, 6.07) is 13.0. The molecule has 0 bridgehead atoms. The molecule has 1 saturated heterocycles. The molecule has 1 heterocycles. The largest absolute Gasteiger partial charge is 2.00 e. The van der Waals surface area contributed by atoms with E-state index >= 15 is 0 Å². The number of halogens is 1. The average Bonchev–Trinajstić information content (AvgIpc) is 3.05. The number of ether oxygens (including phenoxy) is 3. The smallest absolute Gasteiger partial charge is 0.493 e. The van der Waals surface area contributed by atoms with Crippen molar-refractivity contribution in [3.05, 3.63) is 64.7 Å².